The second-order valence-electron chi connectivity index (χ2n) is 13.7. The minimum Gasteiger partial charge on any atom is -0.497 e. The summed E-state index contributed by atoms with van der Waals surface area (Å²) < 4.78 is 30.1. The number of esters is 1. The van der Waals surface area contributed by atoms with Crippen molar-refractivity contribution in [1.29, 1.82) is 0 Å². The van der Waals surface area contributed by atoms with Crippen LogP contribution >= 0.6 is 0 Å². The van der Waals surface area contributed by atoms with Crippen molar-refractivity contribution in [2.75, 3.05) is 48.1 Å². The van der Waals surface area contributed by atoms with E-state index in [0.29, 0.717) is 30.8 Å². The van der Waals surface area contributed by atoms with Gasteiger partial charge < -0.3 is 33.9 Å². The third kappa shape index (κ3) is 3.36. The zero-order chi connectivity index (χ0) is 28.9. The minimum atomic E-state index is -1.17. The van der Waals surface area contributed by atoms with Crippen molar-refractivity contribution in [1.82, 2.24) is 4.90 Å². The number of nitrogens with zero attached hydrogens (tertiary/aromatic N) is 1. The molecule has 2 N–H and O–H groups in total. The van der Waals surface area contributed by atoms with Gasteiger partial charge >= 0.3 is 5.97 Å². The van der Waals surface area contributed by atoms with Gasteiger partial charge in [0.25, 0.3) is 0 Å². The Kier molecular flexibility index (Phi) is 6.59. The van der Waals surface area contributed by atoms with Gasteiger partial charge in [0.2, 0.25) is 0 Å². The van der Waals surface area contributed by atoms with Crippen molar-refractivity contribution in [3.05, 3.63) is 29.8 Å². The van der Waals surface area contributed by atoms with E-state index in [1.807, 2.05) is 0 Å². The summed E-state index contributed by atoms with van der Waals surface area (Å²) in [5, 5.41) is 25.3. The molecule has 0 amide bonds. The van der Waals surface area contributed by atoms with E-state index in [9.17, 15) is 15.0 Å². The van der Waals surface area contributed by atoms with Crippen molar-refractivity contribution in [3.63, 3.8) is 0 Å². The van der Waals surface area contributed by atoms with Crippen LogP contribution in [0.1, 0.15) is 43.0 Å². The molecule has 6 fully saturated rings. The Balaban J connectivity index is 1.37. The fourth-order valence-corrected chi connectivity index (χ4v) is 11.7. The summed E-state index contributed by atoms with van der Waals surface area (Å²) in [6.07, 6.45) is 1.21. The zero-order valence-electron chi connectivity index (χ0n) is 24.8. The molecule has 6 aliphatic rings. The number of aliphatic hydroxyl groups is 2. The molecule has 1 aliphatic heterocycles. The fraction of sp³-hybridized carbons (Fsp3) is 0.781. The maximum Gasteiger partial charge on any atom is 0.338 e. The first-order valence-electron chi connectivity index (χ1n) is 15.3. The molecule has 0 aromatic heterocycles. The highest BCUT2D eigenvalue weighted by Crippen LogP contribution is 2.79. The molecule has 1 heterocycles. The van der Waals surface area contributed by atoms with Crippen molar-refractivity contribution in [2.45, 2.75) is 68.7 Å². The molecule has 9 nitrogen and oxygen atoms in total. The van der Waals surface area contributed by atoms with Crippen molar-refractivity contribution in [2.24, 2.45) is 40.4 Å². The van der Waals surface area contributed by atoms with Gasteiger partial charge in [-0.3, -0.25) is 4.90 Å². The summed E-state index contributed by atoms with van der Waals surface area (Å²) in [7, 11) is 6.81. The molecule has 4 unspecified atom stereocenters. The van der Waals surface area contributed by atoms with Crippen molar-refractivity contribution < 1.29 is 38.7 Å². The molecule has 1 aromatic carbocycles. The number of rotatable bonds is 8. The van der Waals surface area contributed by atoms with Crippen LogP contribution in [0.3, 0.4) is 0 Å². The lowest BCUT2D eigenvalue weighted by atomic mass is 9.43. The Hall–Kier alpha value is -1.75. The van der Waals surface area contributed by atoms with Crippen molar-refractivity contribution >= 4 is 5.97 Å². The Morgan fingerprint density at radius 2 is 1.83 bits per heavy atom. The van der Waals surface area contributed by atoms with Crippen LogP contribution in [0.2, 0.25) is 0 Å². The molecule has 9 heteroatoms. The number of fused-ring (bicyclic) bond motifs is 2. The number of piperidine rings is 1. The Morgan fingerprint density at radius 3 is 2.46 bits per heavy atom. The van der Waals surface area contributed by atoms with Crippen LogP contribution in [-0.4, -0.2) is 105 Å². The number of methoxy groups -OCH3 is 4. The number of carbonyl (C=O) groups is 1. The molecule has 7 rings (SSSR count). The highest BCUT2D eigenvalue weighted by Gasteiger charge is 2.86. The van der Waals surface area contributed by atoms with Gasteiger partial charge in [-0.15, -0.1) is 0 Å². The van der Waals surface area contributed by atoms with E-state index >= 15 is 0 Å². The second-order valence-corrected chi connectivity index (χ2v) is 13.7. The molecular weight excluding hydrogens is 526 g/mol. The van der Waals surface area contributed by atoms with E-state index in [4.69, 9.17) is 23.7 Å². The summed E-state index contributed by atoms with van der Waals surface area (Å²) in [6, 6.07) is 6.91. The van der Waals surface area contributed by atoms with Gasteiger partial charge in [0, 0.05) is 74.8 Å². The van der Waals surface area contributed by atoms with Gasteiger partial charge in [-0.1, -0.05) is 6.92 Å². The monoisotopic (exact) mass is 571 g/mol. The second kappa shape index (κ2) is 9.63. The molecule has 1 spiro atoms. The molecule has 41 heavy (non-hydrogen) atoms. The van der Waals surface area contributed by atoms with Gasteiger partial charge in [-0.2, -0.15) is 0 Å². The van der Waals surface area contributed by atoms with Gasteiger partial charge in [-0.25, -0.2) is 4.79 Å². The molecule has 0 radical (unpaired) electrons. The van der Waals surface area contributed by atoms with E-state index in [1.54, 1.807) is 52.7 Å². The number of benzene rings is 1. The minimum absolute atomic E-state index is 0.0266. The number of carbonyl (C=O) groups excluding carboxylic acids is 1. The van der Waals surface area contributed by atoms with Crippen LogP contribution in [-0.2, 0) is 18.9 Å². The van der Waals surface area contributed by atoms with E-state index in [1.165, 1.54) is 0 Å². The van der Waals surface area contributed by atoms with Crippen LogP contribution in [0, 0.1) is 40.4 Å². The van der Waals surface area contributed by atoms with Crippen LogP contribution in [0.5, 0.6) is 5.75 Å². The first-order chi connectivity index (χ1) is 19.7. The first kappa shape index (κ1) is 28.0. The Bertz CT molecular complexity index is 1180. The van der Waals surface area contributed by atoms with Crippen LogP contribution in [0.25, 0.3) is 0 Å². The zero-order valence-corrected chi connectivity index (χ0v) is 24.8. The summed E-state index contributed by atoms with van der Waals surface area (Å²) in [4.78, 5) is 16.1. The smallest absolute Gasteiger partial charge is 0.338 e. The molecule has 1 saturated heterocycles. The van der Waals surface area contributed by atoms with E-state index in [2.05, 4.69) is 11.8 Å². The summed E-state index contributed by atoms with van der Waals surface area (Å²) >= 11 is 0. The third-order valence-electron chi connectivity index (χ3n) is 12.7. The Morgan fingerprint density at radius 1 is 1.07 bits per heavy atom. The van der Waals surface area contributed by atoms with E-state index in [0.717, 1.165) is 25.9 Å². The molecule has 7 bridgehead atoms. The number of ether oxygens (including phenoxy) is 5. The lowest BCUT2D eigenvalue weighted by Crippen LogP contribution is -2.76. The fourth-order valence-electron chi connectivity index (χ4n) is 11.7. The highest BCUT2D eigenvalue weighted by molar-refractivity contribution is 5.89. The van der Waals surface area contributed by atoms with E-state index < -0.39 is 29.2 Å². The highest BCUT2D eigenvalue weighted by atomic mass is 16.6. The molecule has 1 aromatic rings. The van der Waals surface area contributed by atoms with Gasteiger partial charge in [0.05, 0.1) is 43.2 Å². The van der Waals surface area contributed by atoms with E-state index in [-0.39, 0.29) is 53.3 Å². The largest absolute Gasteiger partial charge is 0.497 e. The number of likely N-dealkylation sites (tertiary alicyclic amines) is 1. The number of aliphatic hydroxyl groups excluding tert-OH is 1. The number of hydrogen-bond donors (Lipinski definition) is 2. The molecular formula is C32H45NO8. The average molecular weight is 572 g/mol. The van der Waals surface area contributed by atoms with Gasteiger partial charge in [-0.05, 0) is 56.0 Å². The predicted molar refractivity (Wildman–Crippen MR) is 148 cm³/mol. The van der Waals surface area contributed by atoms with Crippen LogP contribution in [0.4, 0.5) is 0 Å². The average Bonchev–Trinajstić information content (AvgIpc) is 3.42. The SMILES string of the molecule is CCN1C[C@]2(COC)CC[C@H](O)[C@]34C5C[C@@H]6[C@@H](OC)C[C@@](O)(C5[C@H]6OC(=O)c5ccc(OC)cc5)[C@H](C13)[C@H](OC)C24. The Labute approximate surface area is 242 Å². The van der Waals surface area contributed by atoms with Crippen LogP contribution in [0.15, 0.2) is 24.3 Å². The lowest BCUT2D eigenvalue weighted by Gasteiger charge is -2.68. The number of hydrogen-bond acceptors (Lipinski definition) is 9. The molecule has 5 saturated carbocycles. The first-order valence-corrected chi connectivity index (χ1v) is 15.3. The van der Waals surface area contributed by atoms with Gasteiger partial charge in [0.1, 0.15) is 11.9 Å². The molecule has 5 aliphatic carbocycles. The topological polar surface area (TPSA) is 107 Å². The molecule has 226 valence electrons. The third-order valence-corrected chi connectivity index (χ3v) is 12.7. The summed E-state index contributed by atoms with van der Waals surface area (Å²) in [5.74, 6) is -0.360. The van der Waals surface area contributed by atoms with Gasteiger partial charge in [0.15, 0.2) is 0 Å². The summed E-state index contributed by atoms with van der Waals surface area (Å²) in [5.41, 5.74) is -1.40. The lowest BCUT2D eigenvalue weighted by molar-refractivity contribution is -0.272. The molecule has 13 atom stereocenters. The quantitative estimate of drug-likeness (QED) is 0.455. The predicted octanol–water partition coefficient (Wildman–Crippen LogP) is 2.38. The normalized spacial score (nSPS) is 49.1. The maximum absolute atomic E-state index is 13.6. The van der Waals surface area contributed by atoms with Crippen molar-refractivity contribution in [3.8, 4) is 5.75 Å². The summed E-state index contributed by atoms with van der Waals surface area (Å²) in [6.45, 7) is 4.47. The maximum atomic E-state index is 13.6. The standard InChI is InChI=1S/C32H45NO8/c1-6-33-15-30(16-37-2)12-11-22(34)32-20-13-19-21(39-4)14-31(36,24(28(32)33)26(40-5)27(30)32)23(20)25(19)41-29(35)17-7-9-18(38-3)10-8-17/h7-10,19-28,34,36H,6,11-16H2,1-5H3/t19-,20?,21+,22+,23?,24+,25+,26+,27?,28?,30+,31-,32+/m1/s1. The van der Waals surface area contributed by atoms with Crippen LogP contribution < -0.4 is 4.74 Å².